The molecular weight excluding hydrogens is 226 g/mol. The van der Waals surface area contributed by atoms with Gasteiger partial charge in [0.25, 0.3) is 0 Å². The molecule has 0 aliphatic rings. The Bertz CT molecular complexity index is 282. The van der Waals surface area contributed by atoms with Crippen molar-refractivity contribution >= 4 is 10.0 Å². The molecule has 0 amide bonds. The molecule has 0 aliphatic heterocycles. The quantitative estimate of drug-likeness (QED) is 0.714. The normalized spacial score (nSPS) is 13.4. The van der Waals surface area contributed by atoms with Crippen LogP contribution in [0.15, 0.2) is 0 Å². The van der Waals surface area contributed by atoms with Crippen LogP contribution in [0.25, 0.3) is 0 Å². The van der Waals surface area contributed by atoms with Crippen molar-refractivity contribution < 1.29 is 13.2 Å². The number of ether oxygens (including phenoxy) is 1. The Hall–Kier alpha value is -0.130. The van der Waals surface area contributed by atoms with Crippen LogP contribution in [0.5, 0.6) is 0 Å². The van der Waals surface area contributed by atoms with E-state index < -0.39 is 10.0 Å². The summed E-state index contributed by atoms with van der Waals surface area (Å²) in [7, 11) is -3.44. The second-order valence-corrected chi connectivity index (χ2v) is 6.54. The third-order valence-corrected chi connectivity index (χ3v) is 3.88. The van der Waals surface area contributed by atoms with Crippen molar-refractivity contribution in [2.75, 3.05) is 19.0 Å². The summed E-state index contributed by atoms with van der Waals surface area (Å²) in [5, 5.41) is 5.12. The summed E-state index contributed by atoms with van der Waals surface area (Å²) in [5.41, 5.74) is -0.331. The van der Waals surface area contributed by atoms with Crippen molar-refractivity contribution in [1.82, 2.24) is 0 Å². The number of hydrogen-bond donors (Lipinski definition) is 1. The number of nitrogens with two attached hydrogens (primary N) is 1. The SMILES string of the molecule is CCC(CC)(COCC(C)C)CS(N)(=O)=O. The first-order valence-electron chi connectivity index (χ1n) is 5.83. The standard InChI is InChI=1S/C11H25NO3S/c1-5-11(6-2,9-16(12,13)14)8-15-7-10(3)4/h10H,5-9H2,1-4H3,(H2,12,13,14). The van der Waals surface area contributed by atoms with Gasteiger partial charge in [-0.3, -0.25) is 0 Å². The lowest BCUT2D eigenvalue weighted by Gasteiger charge is -2.30. The van der Waals surface area contributed by atoms with Gasteiger partial charge in [0.1, 0.15) is 0 Å². The van der Waals surface area contributed by atoms with Gasteiger partial charge in [0.05, 0.1) is 12.4 Å². The van der Waals surface area contributed by atoms with Crippen molar-refractivity contribution in [3.8, 4) is 0 Å². The summed E-state index contributed by atoms with van der Waals surface area (Å²) in [5.74, 6) is 0.464. The van der Waals surface area contributed by atoms with Gasteiger partial charge < -0.3 is 4.74 Å². The molecule has 0 fully saturated rings. The maximum Gasteiger partial charge on any atom is 0.209 e. The Morgan fingerprint density at radius 1 is 1.25 bits per heavy atom. The minimum Gasteiger partial charge on any atom is -0.381 e. The van der Waals surface area contributed by atoms with E-state index in [1.807, 2.05) is 13.8 Å². The van der Waals surface area contributed by atoms with Crippen LogP contribution >= 0.6 is 0 Å². The van der Waals surface area contributed by atoms with E-state index in [0.717, 1.165) is 12.8 Å². The van der Waals surface area contributed by atoms with E-state index in [1.54, 1.807) is 0 Å². The lowest BCUT2D eigenvalue weighted by molar-refractivity contribution is 0.0359. The summed E-state index contributed by atoms with van der Waals surface area (Å²) < 4.78 is 27.9. The highest BCUT2D eigenvalue weighted by Crippen LogP contribution is 2.28. The van der Waals surface area contributed by atoms with E-state index >= 15 is 0 Å². The van der Waals surface area contributed by atoms with Gasteiger partial charge in [-0.2, -0.15) is 0 Å². The fourth-order valence-electron chi connectivity index (χ4n) is 1.64. The number of hydrogen-bond acceptors (Lipinski definition) is 3. The molecule has 98 valence electrons. The van der Waals surface area contributed by atoms with E-state index in [9.17, 15) is 8.42 Å². The fraction of sp³-hybridized carbons (Fsp3) is 1.00. The van der Waals surface area contributed by atoms with Gasteiger partial charge >= 0.3 is 0 Å². The Morgan fingerprint density at radius 2 is 1.75 bits per heavy atom. The second kappa shape index (κ2) is 6.57. The molecule has 16 heavy (non-hydrogen) atoms. The molecule has 0 saturated carbocycles. The second-order valence-electron chi connectivity index (χ2n) is 4.92. The third kappa shape index (κ3) is 6.45. The van der Waals surface area contributed by atoms with Crippen molar-refractivity contribution in [3.63, 3.8) is 0 Å². The Balaban J connectivity index is 4.44. The average Bonchev–Trinajstić information content (AvgIpc) is 2.13. The van der Waals surface area contributed by atoms with Crippen LogP contribution in [0.2, 0.25) is 0 Å². The summed E-state index contributed by atoms with van der Waals surface area (Å²) in [6, 6.07) is 0. The molecule has 0 radical (unpaired) electrons. The van der Waals surface area contributed by atoms with Crippen LogP contribution in [0, 0.1) is 11.3 Å². The summed E-state index contributed by atoms with van der Waals surface area (Å²) in [4.78, 5) is 0. The highest BCUT2D eigenvalue weighted by molar-refractivity contribution is 7.89. The third-order valence-electron chi connectivity index (χ3n) is 2.87. The lowest BCUT2D eigenvalue weighted by atomic mass is 9.85. The molecule has 0 aliphatic carbocycles. The zero-order valence-electron chi connectivity index (χ0n) is 10.8. The van der Waals surface area contributed by atoms with Gasteiger partial charge in [0, 0.05) is 12.0 Å². The summed E-state index contributed by atoms with van der Waals surface area (Å²) in [6.45, 7) is 9.22. The van der Waals surface area contributed by atoms with Crippen molar-refractivity contribution in [3.05, 3.63) is 0 Å². The van der Waals surface area contributed by atoms with Crippen LogP contribution < -0.4 is 5.14 Å². The zero-order chi connectivity index (χ0) is 12.8. The predicted molar refractivity (Wildman–Crippen MR) is 66.6 cm³/mol. The van der Waals surface area contributed by atoms with Crippen LogP contribution in [-0.2, 0) is 14.8 Å². The molecule has 0 unspecified atom stereocenters. The molecule has 0 atom stereocenters. The molecule has 0 spiro atoms. The monoisotopic (exact) mass is 251 g/mol. The predicted octanol–water partition coefficient (Wildman–Crippen LogP) is 1.75. The molecule has 0 rings (SSSR count). The van der Waals surface area contributed by atoms with Crippen molar-refractivity contribution in [1.29, 1.82) is 0 Å². The molecule has 2 N–H and O–H groups in total. The highest BCUT2D eigenvalue weighted by atomic mass is 32.2. The first-order valence-corrected chi connectivity index (χ1v) is 7.54. The molecule has 5 heteroatoms. The molecule has 0 saturated heterocycles. The molecule has 0 heterocycles. The van der Waals surface area contributed by atoms with Crippen molar-refractivity contribution in [2.45, 2.75) is 40.5 Å². The van der Waals surface area contributed by atoms with Gasteiger partial charge in [-0.15, -0.1) is 0 Å². The molecule has 0 aromatic carbocycles. The first-order chi connectivity index (χ1) is 7.24. The topological polar surface area (TPSA) is 69.4 Å². The first kappa shape index (κ1) is 15.9. The lowest BCUT2D eigenvalue weighted by Crippen LogP contribution is -2.37. The maximum atomic E-state index is 11.2. The van der Waals surface area contributed by atoms with Crippen LogP contribution in [0.1, 0.15) is 40.5 Å². The van der Waals surface area contributed by atoms with E-state index in [2.05, 4.69) is 13.8 Å². The molecule has 0 aromatic heterocycles. The van der Waals surface area contributed by atoms with Crippen LogP contribution in [0.4, 0.5) is 0 Å². The van der Waals surface area contributed by atoms with E-state index in [0.29, 0.717) is 19.1 Å². The number of rotatable bonds is 8. The Morgan fingerprint density at radius 3 is 2.06 bits per heavy atom. The van der Waals surface area contributed by atoms with E-state index in [-0.39, 0.29) is 11.2 Å². The van der Waals surface area contributed by atoms with Gasteiger partial charge in [0.2, 0.25) is 10.0 Å². The van der Waals surface area contributed by atoms with Crippen LogP contribution in [0.3, 0.4) is 0 Å². The Kier molecular flexibility index (Phi) is 6.51. The highest BCUT2D eigenvalue weighted by Gasteiger charge is 2.31. The minimum absolute atomic E-state index is 0.00505. The number of sulfonamides is 1. The minimum atomic E-state index is -3.44. The van der Waals surface area contributed by atoms with E-state index in [1.165, 1.54) is 0 Å². The van der Waals surface area contributed by atoms with Gasteiger partial charge in [-0.25, -0.2) is 13.6 Å². The fourth-order valence-corrected chi connectivity index (χ4v) is 2.98. The van der Waals surface area contributed by atoms with E-state index in [4.69, 9.17) is 9.88 Å². The van der Waals surface area contributed by atoms with Crippen LogP contribution in [-0.4, -0.2) is 27.4 Å². The van der Waals surface area contributed by atoms with Gasteiger partial charge in [-0.05, 0) is 18.8 Å². The summed E-state index contributed by atoms with van der Waals surface area (Å²) in [6.07, 6.45) is 1.52. The smallest absolute Gasteiger partial charge is 0.209 e. The van der Waals surface area contributed by atoms with Gasteiger partial charge in [-0.1, -0.05) is 27.7 Å². The summed E-state index contributed by atoms with van der Waals surface area (Å²) >= 11 is 0. The zero-order valence-corrected chi connectivity index (χ0v) is 11.6. The Labute approximate surface area is 99.6 Å². The molecule has 0 aromatic rings. The molecule has 4 nitrogen and oxygen atoms in total. The maximum absolute atomic E-state index is 11.2. The average molecular weight is 251 g/mol. The molecular formula is C11H25NO3S. The van der Waals surface area contributed by atoms with Gasteiger partial charge in [0.15, 0.2) is 0 Å². The largest absolute Gasteiger partial charge is 0.381 e. The molecule has 0 bridgehead atoms. The number of primary sulfonamides is 1. The van der Waals surface area contributed by atoms with Crippen molar-refractivity contribution in [2.24, 2.45) is 16.5 Å².